The molecule has 1 aliphatic heterocycles. The standard InChI is InChI=1S/C23H22F3N3O2/c1-13(19-6-3-10-28-19)31-22(30)17-4-2-5-18(27)21(17)16-9-11-29-20-12-14(23(24,25)26)7-8-15(16)20/h2,4-5,7-9,11-13,19,28H,3,6,10,27H2,1H3. The Morgan fingerprint density at radius 3 is 2.77 bits per heavy atom. The predicted molar refractivity (Wildman–Crippen MR) is 112 cm³/mol. The van der Waals surface area contributed by atoms with Gasteiger partial charge in [0.05, 0.1) is 16.6 Å². The smallest absolute Gasteiger partial charge is 0.416 e. The van der Waals surface area contributed by atoms with Crippen molar-refractivity contribution in [1.29, 1.82) is 0 Å². The summed E-state index contributed by atoms with van der Waals surface area (Å²) in [7, 11) is 0. The lowest BCUT2D eigenvalue weighted by Gasteiger charge is -2.21. The highest BCUT2D eigenvalue weighted by Gasteiger charge is 2.31. The molecule has 0 spiro atoms. The average Bonchev–Trinajstić information content (AvgIpc) is 3.27. The largest absolute Gasteiger partial charge is 0.457 e. The van der Waals surface area contributed by atoms with Gasteiger partial charge in [-0.05, 0) is 62.2 Å². The molecule has 2 heterocycles. The maximum absolute atomic E-state index is 13.1. The highest BCUT2D eigenvalue weighted by Crippen LogP contribution is 2.37. The van der Waals surface area contributed by atoms with Crippen LogP contribution in [0.3, 0.4) is 0 Å². The van der Waals surface area contributed by atoms with Crippen LogP contribution in [-0.2, 0) is 10.9 Å². The zero-order valence-electron chi connectivity index (χ0n) is 16.9. The van der Waals surface area contributed by atoms with Gasteiger partial charge in [0, 0.05) is 28.9 Å². The number of nitrogens with one attached hydrogen (secondary N) is 1. The molecule has 1 aromatic heterocycles. The average molecular weight is 429 g/mol. The molecular formula is C23H22F3N3O2. The Bertz CT molecular complexity index is 1120. The first-order valence-corrected chi connectivity index (χ1v) is 10.0. The maximum atomic E-state index is 13.1. The van der Waals surface area contributed by atoms with Crippen molar-refractivity contribution in [1.82, 2.24) is 10.3 Å². The molecule has 4 rings (SSSR count). The van der Waals surface area contributed by atoms with E-state index >= 15 is 0 Å². The Morgan fingerprint density at radius 1 is 1.26 bits per heavy atom. The van der Waals surface area contributed by atoms with Gasteiger partial charge in [0.25, 0.3) is 0 Å². The van der Waals surface area contributed by atoms with Crippen LogP contribution in [0.2, 0.25) is 0 Å². The highest BCUT2D eigenvalue weighted by molar-refractivity contribution is 6.06. The van der Waals surface area contributed by atoms with E-state index in [0.717, 1.165) is 31.5 Å². The first kappa shape index (κ1) is 21.1. The second-order valence-electron chi connectivity index (χ2n) is 7.67. The van der Waals surface area contributed by atoms with E-state index in [4.69, 9.17) is 10.5 Å². The summed E-state index contributed by atoms with van der Waals surface area (Å²) in [5, 5.41) is 3.78. The number of alkyl halides is 3. The summed E-state index contributed by atoms with van der Waals surface area (Å²) >= 11 is 0. The Balaban J connectivity index is 1.76. The van der Waals surface area contributed by atoms with Crippen LogP contribution in [0.1, 0.15) is 35.7 Å². The molecule has 5 nitrogen and oxygen atoms in total. The van der Waals surface area contributed by atoms with Crippen LogP contribution in [0.15, 0.2) is 48.7 Å². The van der Waals surface area contributed by atoms with Crippen molar-refractivity contribution in [3.63, 3.8) is 0 Å². The molecule has 3 N–H and O–H groups in total. The summed E-state index contributed by atoms with van der Waals surface area (Å²) in [5.41, 5.74) is 7.12. The van der Waals surface area contributed by atoms with E-state index in [1.165, 1.54) is 12.3 Å². The molecule has 0 aliphatic carbocycles. The van der Waals surface area contributed by atoms with Crippen LogP contribution in [0.5, 0.6) is 0 Å². The van der Waals surface area contributed by atoms with E-state index in [2.05, 4.69) is 10.3 Å². The molecule has 2 unspecified atom stereocenters. The van der Waals surface area contributed by atoms with E-state index in [0.29, 0.717) is 22.2 Å². The van der Waals surface area contributed by atoms with Crippen molar-refractivity contribution in [3.8, 4) is 11.1 Å². The second-order valence-corrected chi connectivity index (χ2v) is 7.67. The van der Waals surface area contributed by atoms with Crippen molar-refractivity contribution in [2.24, 2.45) is 0 Å². The van der Waals surface area contributed by atoms with Gasteiger partial charge in [-0.25, -0.2) is 4.79 Å². The van der Waals surface area contributed by atoms with Gasteiger partial charge in [0.15, 0.2) is 0 Å². The SMILES string of the molecule is CC(OC(=O)c1cccc(N)c1-c1ccnc2cc(C(F)(F)F)ccc12)C1CCCN1. The number of ether oxygens (including phenoxy) is 1. The number of benzene rings is 2. The molecule has 0 amide bonds. The highest BCUT2D eigenvalue weighted by atomic mass is 19.4. The van der Waals surface area contributed by atoms with E-state index in [9.17, 15) is 18.0 Å². The lowest BCUT2D eigenvalue weighted by atomic mass is 9.94. The molecule has 0 bridgehead atoms. The number of nitrogens with zero attached hydrogens (tertiary/aromatic N) is 1. The fourth-order valence-corrected chi connectivity index (χ4v) is 4.01. The summed E-state index contributed by atoms with van der Waals surface area (Å²) in [6, 6.07) is 9.98. The molecule has 8 heteroatoms. The number of pyridine rings is 1. The van der Waals surface area contributed by atoms with Gasteiger partial charge in [-0.1, -0.05) is 12.1 Å². The molecule has 1 fully saturated rings. The van der Waals surface area contributed by atoms with Crippen molar-refractivity contribution in [2.45, 2.75) is 38.1 Å². The van der Waals surface area contributed by atoms with Crippen molar-refractivity contribution < 1.29 is 22.7 Å². The number of hydrogen-bond acceptors (Lipinski definition) is 5. The zero-order chi connectivity index (χ0) is 22.2. The number of carbonyl (C=O) groups excluding carboxylic acids is 1. The molecule has 3 aromatic rings. The lowest BCUT2D eigenvalue weighted by molar-refractivity contribution is -0.137. The van der Waals surface area contributed by atoms with Gasteiger partial charge >= 0.3 is 12.1 Å². The molecule has 1 saturated heterocycles. The number of nitrogen functional groups attached to an aromatic ring is 1. The van der Waals surface area contributed by atoms with Crippen molar-refractivity contribution in [2.75, 3.05) is 12.3 Å². The summed E-state index contributed by atoms with van der Waals surface area (Å²) in [6.45, 7) is 2.73. The maximum Gasteiger partial charge on any atom is 0.416 e. The Morgan fingerprint density at radius 2 is 2.06 bits per heavy atom. The number of anilines is 1. The Hall–Kier alpha value is -3.13. The van der Waals surface area contributed by atoms with Crippen LogP contribution < -0.4 is 11.1 Å². The van der Waals surface area contributed by atoms with Gasteiger partial charge in [0.1, 0.15) is 6.10 Å². The van der Waals surface area contributed by atoms with Gasteiger partial charge in [-0.3, -0.25) is 4.98 Å². The van der Waals surface area contributed by atoms with Gasteiger partial charge < -0.3 is 15.8 Å². The minimum Gasteiger partial charge on any atom is -0.457 e. The number of rotatable bonds is 4. The number of nitrogens with two attached hydrogens (primary N) is 1. The minimum absolute atomic E-state index is 0.0935. The molecule has 0 radical (unpaired) electrons. The van der Waals surface area contributed by atoms with Gasteiger partial charge in [-0.2, -0.15) is 13.2 Å². The van der Waals surface area contributed by atoms with E-state index in [1.807, 2.05) is 6.92 Å². The van der Waals surface area contributed by atoms with E-state index < -0.39 is 17.7 Å². The second kappa shape index (κ2) is 8.19. The van der Waals surface area contributed by atoms with Gasteiger partial charge in [0.2, 0.25) is 0 Å². The fourth-order valence-electron chi connectivity index (χ4n) is 4.01. The third kappa shape index (κ3) is 4.20. The van der Waals surface area contributed by atoms with Crippen molar-refractivity contribution in [3.05, 3.63) is 59.8 Å². The van der Waals surface area contributed by atoms with Crippen LogP contribution >= 0.6 is 0 Å². The molecule has 162 valence electrons. The quantitative estimate of drug-likeness (QED) is 0.460. The third-order valence-corrected chi connectivity index (χ3v) is 5.61. The van der Waals surface area contributed by atoms with E-state index in [1.54, 1.807) is 24.3 Å². The number of aromatic nitrogens is 1. The number of carbonyl (C=O) groups is 1. The normalized spacial score (nSPS) is 17.6. The number of hydrogen-bond donors (Lipinski definition) is 2. The first-order valence-electron chi connectivity index (χ1n) is 10.0. The number of esters is 1. The molecule has 31 heavy (non-hydrogen) atoms. The predicted octanol–water partition coefficient (Wildman–Crippen LogP) is 4.80. The molecule has 2 atom stereocenters. The number of fused-ring (bicyclic) bond motifs is 1. The van der Waals surface area contributed by atoms with Crippen LogP contribution in [0.4, 0.5) is 18.9 Å². The summed E-state index contributed by atoms with van der Waals surface area (Å²) in [4.78, 5) is 17.1. The summed E-state index contributed by atoms with van der Waals surface area (Å²) in [5.74, 6) is -0.527. The molecule has 2 aromatic carbocycles. The van der Waals surface area contributed by atoms with Crippen LogP contribution in [0, 0.1) is 0 Å². The van der Waals surface area contributed by atoms with Crippen LogP contribution in [0.25, 0.3) is 22.0 Å². The minimum atomic E-state index is -4.48. The Labute approximate surface area is 177 Å². The first-order chi connectivity index (χ1) is 14.8. The summed E-state index contributed by atoms with van der Waals surface area (Å²) in [6.07, 6.45) is -1.44. The lowest BCUT2D eigenvalue weighted by Crippen LogP contribution is -2.36. The third-order valence-electron chi connectivity index (χ3n) is 5.61. The van der Waals surface area contributed by atoms with E-state index in [-0.39, 0.29) is 23.2 Å². The van der Waals surface area contributed by atoms with Crippen LogP contribution in [-0.4, -0.2) is 29.6 Å². The number of halogens is 3. The topological polar surface area (TPSA) is 77.2 Å². The Kier molecular flexibility index (Phi) is 5.58. The summed E-state index contributed by atoms with van der Waals surface area (Å²) < 4.78 is 45.0. The molecular weight excluding hydrogens is 407 g/mol. The van der Waals surface area contributed by atoms with Crippen molar-refractivity contribution >= 4 is 22.6 Å². The zero-order valence-corrected chi connectivity index (χ0v) is 16.9. The van der Waals surface area contributed by atoms with Gasteiger partial charge in [-0.15, -0.1) is 0 Å². The monoisotopic (exact) mass is 429 g/mol. The fraction of sp³-hybridized carbons (Fsp3) is 0.304. The molecule has 1 aliphatic rings. The molecule has 0 saturated carbocycles.